The summed E-state index contributed by atoms with van der Waals surface area (Å²) in [4.78, 5) is 61.6. The summed E-state index contributed by atoms with van der Waals surface area (Å²) in [5.74, 6) is -1.43. The summed E-state index contributed by atoms with van der Waals surface area (Å²) in [6.07, 6.45) is 1.89. The van der Waals surface area contributed by atoms with Crippen LogP contribution >= 0.6 is 11.3 Å². The topological polar surface area (TPSA) is 121 Å². The third-order valence-corrected chi connectivity index (χ3v) is 8.14. The molecule has 4 heterocycles. The number of carbonyl (C=O) groups excluding carboxylic acids is 4. The van der Waals surface area contributed by atoms with Gasteiger partial charge >= 0.3 is 0 Å². The minimum absolute atomic E-state index is 0.0799. The molecule has 2 N–H and O–H groups in total. The number of carbonyl (C=O) groups is 4. The average Bonchev–Trinajstić information content (AvgIpc) is 3.53. The first kappa shape index (κ1) is 26.5. The summed E-state index contributed by atoms with van der Waals surface area (Å²) in [7, 11) is 0. The Kier molecular flexibility index (Phi) is 6.88. The summed E-state index contributed by atoms with van der Waals surface area (Å²) < 4.78 is 13.9. The Morgan fingerprint density at radius 2 is 1.85 bits per heavy atom. The highest BCUT2D eigenvalue weighted by molar-refractivity contribution is 7.12. The lowest BCUT2D eigenvalue weighted by Crippen LogP contribution is -2.46. The van der Waals surface area contributed by atoms with Crippen LogP contribution in [0.1, 0.15) is 60.8 Å². The van der Waals surface area contributed by atoms with E-state index in [1.165, 1.54) is 29.8 Å². The van der Waals surface area contributed by atoms with Crippen LogP contribution in [0, 0.1) is 5.82 Å². The zero-order valence-corrected chi connectivity index (χ0v) is 22.7. The number of nitrogens with one attached hydrogen (secondary N) is 2. The molecule has 11 heteroatoms. The SMILES string of the molecule is C[C@@H]1CC(=O)Nc2ncnc(-c3csc(C(=O)N[C@@H](Cc4cccc(F)c4)CN4C(=O)c5ccccc5C4=O)c3)c21. The maximum absolute atomic E-state index is 13.9. The van der Waals surface area contributed by atoms with Gasteiger partial charge in [0.05, 0.1) is 27.7 Å². The van der Waals surface area contributed by atoms with Gasteiger partial charge in [0.25, 0.3) is 17.7 Å². The van der Waals surface area contributed by atoms with Gasteiger partial charge < -0.3 is 10.6 Å². The van der Waals surface area contributed by atoms with Crippen molar-refractivity contribution in [1.29, 1.82) is 0 Å². The number of imide groups is 1. The predicted octanol–water partition coefficient (Wildman–Crippen LogP) is 4.43. The van der Waals surface area contributed by atoms with E-state index in [-0.39, 0.29) is 24.8 Å². The number of hydrogen-bond acceptors (Lipinski definition) is 7. The van der Waals surface area contributed by atoms with E-state index in [0.717, 1.165) is 10.5 Å². The van der Waals surface area contributed by atoms with E-state index in [1.54, 1.807) is 42.5 Å². The fourth-order valence-electron chi connectivity index (χ4n) is 5.33. The first-order chi connectivity index (χ1) is 19.8. The zero-order chi connectivity index (χ0) is 28.7. The van der Waals surface area contributed by atoms with Gasteiger partial charge in [-0.2, -0.15) is 0 Å². The third-order valence-electron chi connectivity index (χ3n) is 7.21. The van der Waals surface area contributed by atoms with Gasteiger partial charge in [0.1, 0.15) is 18.0 Å². The molecule has 4 amide bonds. The number of hydrogen-bond donors (Lipinski definition) is 2. The van der Waals surface area contributed by atoms with Crippen LogP contribution in [0.15, 0.2) is 66.3 Å². The number of anilines is 1. The molecule has 2 aromatic carbocycles. The summed E-state index contributed by atoms with van der Waals surface area (Å²) in [6, 6.07) is 13.6. The molecule has 2 aliphatic heterocycles. The Labute approximate surface area is 238 Å². The van der Waals surface area contributed by atoms with Crippen LogP contribution in [0.25, 0.3) is 11.3 Å². The van der Waals surface area contributed by atoms with Crippen LogP contribution in [0.2, 0.25) is 0 Å². The van der Waals surface area contributed by atoms with E-state index in [4.69, 9.17) is 0 Å². The molecule has 0 aliphatic carbocycles. The van der Waals surface area contributed by atoms with Crippen molar-refractivity contribution >= 4 is 40.8 Å². The van der Waals surface area contributed by atoms with E-state index < -0.39 is 29.6 Å². The summed E-state index contributed by atoms with van der Waals surface area (Å²) >= 11 is 1.22. The number of halogens is 1. The van der Waals surface area contributed by atoms with Crippen LogP contribution in [0.3, 0.4) is 0 Å². The van der Waals surface area contributed by atoms with E-state index >= 15 is 0 Å². The number of aromatic nitrogens is 2. The molecule has 2 aliphatic rings. The van der Waals surface area contributed by atoms with Gasteiger partial charge in [-0.05, 0) is 48.2 Å². The molecule has 206 valence electrons. The molecule has 0 saturated heterocycles. The van der Waals surface area contributed by atoms with Crippen molar-refractivity contribution in [3.05, 3.63) is 99.3 Å². The van der Waals surface area contributed by atoms with Gasteiger partial charge in [0.2, 0.25) is 5.91 Å². The Balaban J connectivity index is 1.25. The van der Waals surface area contributed by atoms with Crippen LogP contribution in [0.4, 0.5) is 10.2 Å². The molecule has 0 fully saturated rings. The smallest absolute Gasteiger partial charge is 0.261 e. The van der Waals surface area contributed by atoms with Crippen molar-refractivity contribution in [2.24, 2.45) is 0 Å². The number of nitrogens with zero attached hydrogens (tertiary/aromatic N) is 3. The Morgan fingerprint density at radius 1 is 1.10 bits per heavy atom. The fraction of sp³-hybridized carbons (Fsp3) is 0.200. The Bertz CT molecular complexity index is 1690. The fourth-order valence-corrected chi connectivity index (χ4v) is 6.12. The highest BCUT2D eigenvalue weighted by Gasteiger charge is 2.37. The lowest BCUT2D eigenvalue weighted by Gasteiger charge is -2.24. The Hall–Kier alpha value is -4.77. The molecular formula is C30H24FN5O4S. The third kappa shape index (κ3) is 5.11. The second kappa shape index (κ2) is 10.7. The molecule has 0 unspecified atom stereocenters. The number of rotatable bonds is 7. The maximum Gasteiger partial charge on any atom is 0.261 e. The van der Waals surface area contributed by atoms with Crippen molar-refractivity contribution in [1.82, 2.24) is 20.2 Å². The van der Waals surface area contributed by atoms with Crippen molar-refractivity contribution in [2.45, 2.75) is 31.7 Å². The predicted molar refractivity (Wildman–Crippen MR) is 150 cm³/mol. The van der Waals surface area contributed by atoms with Gasteiger partial charge in [-0.1, -0.05) is 31.2 Å². The second-order valence-electron chi connectivity index (χ2n) is 10.1. The molecule has 4 aromatic rings. The maximum atomic E-state index is 13.9. The molecule has 0 saturated carbocycles. The van der Waals surface area contributed by atoms with Crippen molar-refractivity contribution in [3.63, 3.8) is 0 Å². The highest BCUT2D eigenvalue weighted by Crippen LogP contribution is 2.38. The number of amides is 4. The molecule has 2 aromatic heterocycles. The lowest BCUT2D eigenvalue weighted by atomic mass is 9.91. The average molecular weight is 570 g/mol. The minimum atomic E-state index is -0.681. The van der Waals surface area contributed by atoms with Crippen molar-refractivity contribution in [2.75, 3.05) is 11.9 Å². The van der Waals surface area contributed by atoms with E-state index in [9.17, 15) is 23.6 Å². The van der Waals surface area contributed by atoms with Gasteiger partial charge in [0, 0.05) is 29.5 Å². The first-order valence-corrected chi connectivity index (χ1v) is 13.9. The number of benzene rings is 2. The van der Waals surface area contributed by atoms with E-state index in [2.05, 4.69) is 20.6 Å². The largest absolute Gasteiger partial charge is 0.346 e. The molecule has 0 spiro atoms. The summed E-state index contributed by atoms with van der Waals surface area (Å²) in [5, 5.41) is 7.54. The monoisotopic (exact) mass is 569 g/mol. The van der Waals surface area contributed by atoms with Crippen molar-refractivity contribution < 1.29 is 23.6 Å². The van der Waals surface area contributed by atoms with E-state index in [1.807, 2.05) is 12.3 Å². The minimum Gasteiger partial charge on any atom is -0.346 e. The van der Waals surface area contributed by atoms with Gasteiger partial charge in [-0.3, -0.25) is 24.1 Å². The van der Waals surface area contributed by atoms with Crippen LogP contribution in [-0.4, -0.2) is 51.1 Å². The first-order valence-electron chi connectivity index (χ1n) is 13.0. The van der Waals surface area contributed by atoms with Crippen LogP contribution in [-0.2, 0) is 11.2 Å². The molecule has 6 rings (SSSR count). The molecule has 0 radical (unpaired) electrons. The second-order valence-corrected chi connectivity index (χ2v) is 11.0. The Morgan fingerprint density at radius 3 is 2.59 bits per heavy atom. The van der Waals surface area contributed by atoms with Crippen LogP contribution in [0.5, 0.6) is 0 Å². The summed E-state index contributed by atoms with van der Waals surface area (Å²) in [5.41, 5.74) is 3.41. The van der Waals surface area contributed by atoms with E-state index in [0.29, 0.717) is 45.1 Å². The number of fused-ring (bicyclic) bond motifs is 2. The van der Waals surface area contributed by atoms with Gasteiger partial charge in [-0.25, -0.2) is 14.4 Å². The quantitative estimate of drug-likeness (QED) is 0.318. The molecular weight excluding hydrogens is 545 g/mol. The van der Waals surface area contributed by atoms with Crippen molar-refractivity contribution in [3.8, 4) is 11.3 Å². The zero-order valence-electron chi connectivity index (χ0n) is 21.9. The highest BCUT2D eigenvalue weighted by atomic mass is 32.1. The molecule has 9 nitrogen and oxygen atoms in total. The molecule has 41 heavy (non-hydrogen) atoms. The van der Waals surface area contributed by atoms with Gasteiger partial charge in [0.15, 0.2) is 0 Å². The lowest BCUT2D eigenvalue weighted by molar-refractivity contribution is -0.116. The van der Waals surface area contributed by atoms with Crippen LogP contribution < -0.4 is 10.6 Å². The summed E-state index contributed by atoms with van der Waals surface area (Å²) in [6.45, 7) is 1.85. The standard InChI is InChI=1S/C30H24FN5O4S/c1-16-9-24(37)35-27-25(16)26(32-15-33-27)18-12-23(41-14-18)28(38)34-20(11-17-5-4-6-19(31)10-17)13-36-29(39)21-7-2-3-8-22(21)30(36)40/h2-8,10,12,14-16,20H,9,11,13H2,1H3,(H,34,38)(H,32,33,35,37)/t16-,20+/m1/s1. The van der Waals surface area contributed by atoms with Gasteiger partial charge in [-0.15, -0.1) is 11.3 Å². The molecule has 2 atom stereocenters. The normalized spacial score (nSPS) is 16.7. The number of thiophene rings is 1. The molecule has 0 bridgehead atoms.